The normalized spacial score (nSPS) is 16.5. The van der Waals surface area contributed by atoms with Crippen molar-refractivity contribution < 1.29 is 9.53 Å². The number of esters is 1. The number of likely N-dealkylation sites (tertiary alicyclic amines) is 1. The quantitative estimate of drug-likeness (QED) is 0.281. The number of methoxy groups -OCH3 is 1. The van der Waals surface area contributed by atoms with Crippen LogP contribution in [0.1, 0.15) is 36.9 Å². The van der Waals surface area contributed by atoms with Crippen LogP contribution in [0.25, 0.3) is 0 Å². The highest BCUT2D eigenvalue weighted by Crippen LogP contribution is 2.20. The first-order chi connectivity index (χ1) is 13.0. The van der Waals surface area contributed by atoms with Crippen LogP contribution in [0.4, 0.5) is 0 Å². The van der Waals surface area contributed by atoms with Crippen molar-refractivity contribution in [2.75, 3.05) is 47.9 Å². The molecule has 0 aliphatic carbocycles. The number of carbonyl (C=O) groups excluding carboxylic acids is 1. The van der Waals surface area contributed by atoms with Gasteiger partial charge in [-0.3, -0.25) is 9.79 Å². The zero-order chi connectivity index (χ0) is 19.8. The lowest BCUT2D eigenvalue weighted by atomic mass is 9.97. The molecule has 6 nitrogen and oxygen atoms in total. The first-order valence-corrected chi connectivity index (χ1v) is 9.78. The minimum Gasteiger partial charge on any atom is -0.469 e. The van der Waals surface area contributed by atoms with E-state index in [1.54, 1.807) is 0 Å². The molecule has 1 aromatic rings. The Hall–Kier alpha value is -1.35. The van der Waals surface area contributed by atoms with Gasteiger partial charge in [-0.1, -0.05) is 31.2 Å². The molecule has 1 fully saturated rings. The average Bonchev–Trinajstić information content (AvgIpc) is 2.71. The molecule has 1 atom stereocenters. The van der Waals surface area contributed by atoms with Crippen molar-refractivity contribution >= 4 is 35.9 Å². The molecule has 1 heterocycles. The van der Waals surface area contributed by atoms with Crippen LogP contribution in [0.2, 0.25) is 0 Å². The second kappa shape index (κ2) is 12.3. The number of benzene rings is 1. The van der Waals surface area contributed by atoms with E-state index in [1.807, 2.05) is 7.05 Å². The predicted octanol–water partition coefficient (Wildman–Crippen LogP) is 2.93. The van der Waals surface area contributed by atoms with Gasteiger partial charge in [-0.25, -0.2) is 0 Å². The number of nitrogens with zero attached hydrogens (tertiary/aromatic N) is 3. The fourth-order valence-corrected chi connectivity index (χ4v) is 3.59. The van der Waals surface area contributed by atoms with E-state index in [0.29, 0.717) is 0 Å². The first-order valence-electron chi connectivity index (χ1n) is 9.78. The van der Waals surface area contributed by atoms with Gasteiger partial charge in [0.15, 0.2) is 5.96 Å². The largest absolute Gasteiger partial charge is 0.469 e. The van der Waals surface area contributed by atoms with Crippen LogP contribution in [-0.2, 0) is 16.0 Å². The Kier molecular flexibility index (Phi) is 10.8. The minimum atomic E-state index is -0.0965. The van der Waals surface area contributed by atoms with Crippen molar-refractivity contribution in [1.82, 2.24) is 15.1 Å². The van der Waals surface area contributed by atoms with Gasteiger partial charge in [-0.15, -0.1) is 24.0 Å². The summed E-state index contributed by atoms with van der Waals surface area (Å²) in [6, 6.07) is 9.11. The zero-order valence-electron chi connectivity index (χ0n) is 17.8. The van der Waals surface area contributed by atoms with E-state index in [1.165, 1.54) is 18.2 Å². The zero-order valence-corrected chi connectivity index (χ0v) is 20.1. The van der Waals surface area contributed by atoms with Gasteiger partial charge in [-0.05, 0) is 44.5 Å². The Bertz CT molecular complexity index is 626. The molecular weight excluding hydrogens is 467 g/mol. The van der Waals surface area contributed by atoms with Crippen LogP contribution in [0.15, 0.2) is 29.3 Å². The summed E-state index contributed by atoms with van der Waals surface area (Å²) < 4.78 is 4.87. The van der Waals surface area contributed by atoms with Crippen molar-refractivity contribution in [2.24, 2.45) is 10.9 Å². The predicted molar refractivity (Wildman–Crippen MR) is 125 cm³/mol. The molecule has 0 aromatic heterocycles. The summed E-state index contributed by atoms with van der Waals surface area (Å²) in [6.07, 6.45) is 2.67. The van der Waals surface area contributed by atoms with Gasteiger partial charge in [0.25, 0.3) is 0 Å². The molecule has 1 N–H and O–H groups in total. The lowest BCUT2D eigenvalue weighted by Crippen LogP contribution is -2.48. The minimum absolute atomic E-state index is 0. The van der Waals surface area contributed by atoms with Crippen LogP contribution in [0.5, 0.6) is 0 Å². The van der Waals surface area contributed by atoms with Crippen LogP contribution in [0.3, 0.4) is 0 Å². The summed E-state index contributed by atoms with van der Waals surface area (Å²) >= 11 is 0. The molecule has 1 aromatic carbocycles. The molecule has 1 saturated heterocycles. The van der Waals surface area contributed by atoms with Crippen molar-refractivity contribution in [3.8, 4) is 0 Å². The molecule has 0 amide bonds. The standard InChI is InChI=1S/C21H34N4O2.HI/c1-6-16-7-9-17(10-8-16)19(24(3)4)15-23-21(22-2)25-13-11-18(12-14-25)20(26)27-5;/h7-10,18-19H,6,11-15H2,1-5H3,(H,22,23);1H. The van der Waals surface area contributed by atoms with Crippen molar-refractivity contribution in [1.29, 1.82) is 0 Å². The molecule has 2 rings (SSSR count). The number of piperidine rings is 1. The molecule has 7 heteroatoms. The second-order valence-corrected chi connectivity index (χ2v) is 7.29. The highest BCUT2D eigenvalue weighted by Gasteiger charge is 2.27. The molecule has 0 radical (unpaired) electrons. The van der Waals surface area contributed by atoms with E-state index in [2.05, 4.69) is 65.4 Å². The van der Waals surface area contributed by atoms with E-state index in [9.17, 15) is 4.79 Å². The van der Waals surface area contributed by atoms with Gasteiger partial charge in [0.1, 0.15) is 0 Å². The Morgan fingerprint density at radius 3 is 2.36 bits per heavy atom. The fraction of sp³-hybridized carbons (Fsp3) is 0.619. The van der Waals surface area contributed by atoms with Crippen LogP contribution in [0, 0.1) is 5.92 Å². The lowest BCUT2D eigenvalue weighted by molar-refractivity contribution is -0.146. The molecule has 0 saturated carbocycles. The molecule has 0 spiro atoms. The summed E-state index contributed by atoms with van der Waals surface area (Å²) in [7, 11) is 7.48. The third kappa shape index (κ3) is 6.62. The smallest absolute Gasteiger partial charge is 0.308 e. The fourth-order valence-electron chi connectivity index (χ4n) is 3.59. The average molecular weight is 502 g/mol. The third-order valence-electron chi connectivity index (χ3n) is 5.39. The second-order valence-electron chi connectivity index (χ2n) is 7.29. The SMILES string of the molecule is CCc1ccc(C(CNC(=NC)N2CCC(C(=O)OC)CC2)N(C)C)cc1.I. The summed E-state index contributed by atoms with van der Waals surface area (Å²) in [5.74, 6) is 0.812. The Morgan fingerprint density at radius 1 is 1.29 bits per heavy atom. The van der Waals surface area contributed by atoms with Gasteiger partial charge in [0.2, 0.25) is 0 Å². The van der Waals surface area contributed by atoms with Crippen LogP contribution >= 0.6 is 24.0 Å². The summed E-state index contributed by atoms with van der Waals surface area (Å²) in [5, 5.41) is 3.52. The monoisotopic (exact) mass is 502 g/mol. The third-order valence-corrected chi connectivity index (χ3v) is 5.39. The van der Waals surface area contributed by atoms with Gasteiger partial charge in [0.05, 0.1) is 19.1 Å². The van der Waals surface area contributed by atoms with E-state index in [-0.39, 0.29) is 41.9 Å². The number of hydrogen-bond acceptors (Lipinski definition) is 4. The number of hydrogen-bond donors (Lipinski definition) is 1. The van der Waals surface area contributed by atoms with Gasteiger partial charge in [0, 0.05) is 26.7 Å². The van der Waals surface area contributed by atoms with Crippen LogP contribution in [-0.4, -0.2) is 69.6 Å². The number of ether oxygens (including phenoxy) is 1. The highest BCUT2D eigenvalue weighted by atomic mass is 127. The Labute approximate surface area is 186 Å². The van der Waals surface area contributed by atoms with Gasteiger partial charge < -0.3 is 19.9 Å². The number of rotatable bonds is 6. The summed E-state index contributed by atoms with van der Waals surface area (Å²) in [4.78, 5) is 20.6. The van der Waals surface area contributed by atoms with E-state index in [0.717, 1.165) is 44.9 Å². The highest BCUT2D eigenvalue weighted by molar-refractivity contribution is 14.0. The van der Waals surface area contributed by atoms with E-state index in [4.69, 9.17) is 4.74 Å². The Morgan fingerprint density at radius 2 is 1.89 bits per heavy atom. The molecular formula is C21H35IN4O2. The van der Waals surface area contributed by atoms with Gasteiger partial charge >= 0.3 is 5.97 Å². The van der Waals surface area contributed by atoms with Crippen molar-refractivity contribution in [3.05, 3.63) is 35.4 Å². The number of carbonyl (C=O) groups is 1. The summed E-state index contributed by atoms with van der Waals surface area (Å²) in [6.45, 7) is 4.59. The van der Waals surface area contributed by atoms with E-state index >= 15 is 0 Å². The van der Waals surface area contributed by atoms with Gasteiger partial charge in [-0.2, -0.15) is 0 Å². The maximum atomic E-state index is 11.7. The summed E-state index contributed by atoms with van der Waals surface area (Å²) in [5.41, 5.74) is 2.65. The van der Waals surface area contributed by atoms with Crippen molar-refractivity contribution in [2.45, 2.75) is 32.2 Å². The Balaban J connectivity index is 0.00000392. The number of aryl methyl sites for hydroxylation is 1. The topological polar surface area (TPSA) is 57.2 Å². The molecule has 158 valence electrons. The molecule has 1 aliphatic rings. The number of guanidine groups is 1. The van der Waals surface area contributed by atoms with Crippen molar-refractivity contribution in [3.63, 3.8) is 0 Å². The first kappa shape index (κ1) is 24.7. The van der Waals surface area contributed by atoms with Crippen LogP contribution < -0.4 is 5.32 Å². The van der Waals surface area contributed by atoms with E-state index < -0.39 is 0 Å². The number of aliphatic imine (C=N–C) groups is 1. The number of likely N-dealkylation sites (N-methyl/N-ethyl adjacent to an activating group) is 1. The molecule has 1 aliphatic heterocycles. The molecule has 1 unspecified atom stereocenters. The maximum Gasteiger partial charge on any atom is 0.308 e. The maximum absolute atomic E-state index is 11.7. The molecule has 28 heavy (non-hydrogen) atoms. The number of nitrogens with one attached hydrogen (secondary N) is 1. The molecule has 0 bridgehead atoms. The lowest BCUT2D eigenvalue weighted by Gasteiger charge is -2.34. The number of halogens is 1.